The largest absolute Gasteiger partial charge is 0.447 e. The summed E-state index contributed by atoms with van der Waals surface area (Å²) in [6.45, 7) is 1.76. The number of carbonyl (C=O) groups is 3. The van der Waals surface area contributed by atoms with E-state index in [1.54, 1.807) is 24.3 Å². The van der Waals surface area contributed by atoms with Gasteiger partial charge in [-0.2, -0.15) is 0 Å². The first-order valence-corrected chi connectivity index (χ1v) is 9.32. The lowest BCUT2D eigenvalue weighted by atomic mass is 10.1. The van der Waals surface area contributed by atoms with E-state index in [0.29, 0.717) is 11.3 Å². The number of ether oxygens (including phenoxy) is 1. The van der Waals surface area contributed by atoms with Crippen molar-refractivity contribution >= 4 is 34.8 Å². The van der Waals surface area contributed by atoms with E-state index in [1.165, 1.54) is 40.8 Å². The summed E-state index contributed by atoms with van der Waals surface area (Å²) in [6, 6.07) is 8.74. The second-order valence-electron chi connectivity index (χ2n) is 6.90. The number of carbonyl (C=O) groups excluding carboxylic acids is 3. The summed E-state index contributed by atoms with van der Waals surface area (Å²) in [5, 5.41) is 13.8. The third-order valence-corrected chi connectivity index (χ3v) is 4.90. The molecule has 11 nitrogen and oxygen atoms in total. The van der Waals surface area contributed by atoms with Crippen LogP contribution in [0.4, 0.5) is 16.2 Å². The fraction of sp³-hybridized carbons (Fsp3) is 0.200. The standard InChI is InChI=1S/C20H17N5O6/c1-12(26)21-9-15-11-31-20(28)24(15)14-6-4-13(5-7-14)18(27)17-10-22-19-16(25(29)30)3-2-8-23(17)19/h2-8,10,15H,9,11H2,1H3,(H,21,26). The number of benzene rings is 1. The fourth-order valence-electron chi connectivity index (χ4n) is 3.42. The molecule has 2 amide bonds. The number of ketones is 1. The highest BCUT2D eigenvalue weighted by Gasteiger charge is 2.34. The third-order valence-electron chi connectivity index (χ3n) is 4.90. The predicted molar refractivity (Wildman–Crippen MR) is 108 cm³/mol. The van der Waals surface area contributed by atoms with Gasteiger partial charge < -0.3 is 10.1 Å². The molecule has 1 aliphatic heterocycles. The van der Waals surface area contributed by atoms with Crippen LogP contribution in [0.1, 0.15) is 23.0 Å². The van der Waals surface area contributed by atoms with Gasteiger partial charge in [-0.15, -0.1) is 0 Å². The minimum absolute atomic E-state index is 0.0769. The van der Waals surface area contributed by atoms with Gasteiger partial charge in [0.15, 0.2) is 0 Å². The first-order chi connectivity index (χ1) is 14.9. The smallest absolute Gasteiger partial charge is 0.414 e. The second kappa shape index (κ2) is 7.86. The monoisotopic (exact) mass is 423 g/mol. The van der Waals surface area contributed by atoms with E-state index in [2.05, 4.69) is 10.3 Å². The van der Waals surface area contributed by atoms with Crippen LogP contribution in [0.15, 0.2) is 48.8 Å². The Kier molecular flexibility index (Phi) is 5.07. The normalized spacial score (nSPS) is 15.7. The highest BCUT2D eigenvalue weighted by Crippen LogP contribution is 2.25. The van der Waals surface area contributed by atoms with E-state index in [0.717, 1.165) is 0 Å². The Morgan fingerprint density at radius 1 is 1.29 bits per heavy atom. The number of hydrogen-bond donors (Lipinski definition) is 1. The van der Waals surface area contributed by atoms with Gasteiger partial charge in [0.05, 0.1) is 17.2 Å². The Hall–Kier alpha value is -4.28. The average Bonchev–Trinajstić information content (AvgIpc) is 3.35. The average molecular weight is 423 g/mol. The molecule has 1 N–H and O–H groups in total. The maximum Gasteiger partial charge on any atom is 0.414 e. The quantitative estimate of drug-likeness (QED) is 0.363. The number of nitro groups is 1. The van der Waals surface area contributed by atoms with E-state index in [-0.39, 0.29) is 47.9 Å². The van der Waals surface area contributed by atoms with Gasteiger partial charge in [0.2, 0.25) is 17.3 Å². The number of anilines is 1. The number of fused-ring (bicyclic) bond motifs is 1. The van der Waals surface area contributed by atoms with Gasteiger partial charge in [-0.3, -0.25) is 29.0 Å². The number of hydrogen-bond acceptors (Lipinski definition) is 7. The Morgan fingerprint density at radius 2 is 2.03 bits per heavy atom. The van der Waals surface area contributed by atoms with Crippen molar-refractivity contribution in [2.75, 3.05) is 18.1 Å². The highest BCUT2D eigenvalue weighted by molar-refractivity contribution is 6.08. The molecule has 4 rings (SSSR count). The van der Waals surface area contributed by atoms with Crippen LogP contribution in [0, 0.1) is 10.1 Å². The molecule has 3 heterocycles. The number of imidazole rings is 1. The second-order valence-corrected chi connectivity index (χ2v) is 6.90. The first-order valence-electron chi connectivity index (χ1n) is 9.32. The summed E-state index contributed by atoms with van der Waals surface area (Å²) in [5.41, 5.74) is 0.893. The Bertz CT molecular complexity index is 1200. The summed E-state index contributed by atoms with van der Waals surface area (Å²) >= 11 is 0. The maximum absolute atomic E-state index is 13.0. The molecule has 2 aromatic heterocycles. The Morgan fingerprint density at radius 3 is 2.71 bits per heavy atom. The molecule has 0 bridgehead atoms. The lowest BCUT2D eigenvalue weighted by Gasteiger charge is -2.21. The molecule has 0 radical (unpaired) electrons. The predicted octanol–water partition coefficient (Wildman–Crippen LogP) is 1.93. The number of nitrogens with zero attached hydrogens (tertiary/aromatic N) is 4. The van der Waals surface area contributed by atoms with Crippen LogP contribution in [0.5, 0.6) is 0 Å². The number of aromatic nitrogens is 2. The minimum atomic E-state index is -0.558. The zero-order valence-electron chi connectivity index (χ0n) is 16.3. The van der Waals surface area contributed by atoms with E-state index < -0.39 is 11.0 Å². The molecule has 11 heteroatoms. The van der Waals surface area contributed by atoms with Gasteiger partial charge in [-0.1, -0.05) is 0 Å². The third kappa shape index (κ3) is 3.68. The maximum atomic E-state index is 13.0. The first kappa shape index (κ1) is 20.0. The van der Waals surface area contributed by atoms with Crippen molar-refractivity contribution in [3.63, 3.8) is 0 Å². The fourth-order valence-corrected chi connectivity index (χ4v) is 3.42. The summed E-state index contributed by atoms with van der Waals surface area (Å²) < 4.78 is 6.45. The molecule has 1 saturated heterocycles. The lowest BCUT2D eigenvalue weighted by molar-refractivity contribution is -0.383. The zero-order chi connectivity index (χ0) is 22.1. The van der Waals surface area contributed by atoms with Gasteiger partial charge in [0.25, 0.3) is 0 Å². The lowest BCUT2D eigenvalue weighted by Crippen LogP contribution is -2.42. The van der Waals surface area contributed by atoms with E-state index >= 15 is 0 Å². The van der Waals surface area contributed by atoms with Crippen LogP contribution < -0.4 is 10.2 Å². The number of cyclic esters (lactones) is 1. The molecule has 1 unspecified atom stereocenters. The summed E-state index contributed by atoms with van der Waals surface area (Å²) in [5.74, 6) is -0.591. The van der Waals surface area contributed by atoms with Crippen LogP contribution >= 0.6 is 0 Å². The highest BCUT2D eigenvalue weighted by atomic mass is 16.6. The number of rotatable bonds is 6. The molecule has 0 spiro atoms. The molecular weight excluding hydrogens is 406 g/mol. The molecule has 1 aliphatic rings. The van der Waals surface area contributed by atoms with Gasteiger partial charge in [0, 0.05) is 37.0 Å². The Balaban J connectivity index is 1.60. The van der Waals surface area contributed by atoms with Crippen LogP contribution in [-0.4, -0.2) is 51.3 Å². The molecule has 31 heavy (non-hydrogen) atoms. The van der Waals surface area contributed by atoms with E-state index in [1.807, 2.05) is 0 Å². The van der Waals surface area contributed by atoms with Crippen LogP contribution in [-0.2, 0) is 9.53 Å². The van der Waals surface area contributed by atoms with Crippen molar-refractivity contribution in [1.82, 2.24) is 14.7 Å². The van der Waals surface area contributed by atoms with Crippen molar-refractivity contribution in [2.45, 2.75) is 13.0 Å². The Labute approximate surface area is 175 Å². The van der Waals surface area contributed by atoms with Crippen molar-refractivity contribution in [3.05, 3.63) is 70.2 Å². The van der Waals surface area contributed by atoms with Gasteiger partial charge >= 0.3 is 11.8 Å². The van der Waals surface area contributed by atoms with Crippen LogP contribution in [0.2, 0.25) is 0 Å². The van der Waals surface area contributed by atoms with Crippen molar-refractivity contribution in [3.8, 4) is 0 Å². The van der Waals surface area contributed by atoms with E-state index in [4.69, 9.17) is 4.74 Å². The molecule has 158 valence electrons. The summed E-state index contributed by atoms with van der Waals surface area (Å²) in [4.78, 5) is 52.3. The van der Waals surface area contributed by atoms with Crippen LogP contribution in [0.3, 0.4) is 0 Å². The van der Waals surface area contributed by atoms with Gasteiger partial charge in [0.1, 0.15) is 12.3 Å². The molecule has 3 aromatic rings. The van der Waals surface area contributed by atoms with Gasteiger partial charge in [-0.05, 0) is 30.3 Å². The molecule has 0 saturated carbocycles. The van der Waals surface area contributed by atoms with Crippen molar-refractivity contribution in [2.24, 2.45) is 0 Å². The van der Waals surface area contributed by atoms with Crippen LogP contribution in [0.25, 0.3) is 5.65 Å². The summed E-state index contributed by atoms with van der Waals surface area (Å²) in [6.07, 6.45) is 2.28. The SMILES string of the molecule is CC(=O)NCC1COC(=O)N1c1ccc(C(=O)c2cnc3c([N+](=O)[O-])cccn23)cc1. The molecular formula is C20H17N5O6. The number of nitrogens with one attached hydrogen (secondary N) is 1. The molecule has 0 aliphatic carbocycles. The zero-order valence-corrected chi connectivity index (χ0v) is 16.3. The number of amides is 2. The van der Waals surface area contributed by atoms with Crippen molar-refractivity contribution < 1.29 is 24.0 Å². The van der Waals surface area contributed by atoms with Crippen molar-refractivity contribution in [1.29, 1.82) is 0 Å². The molecule has 1 atom stereocenters. The molecule has 1 fully saturated rings. The summed E-state index contributed by atoms with van der Waals surface area (Å²) in [7, 11) is 0. The molecule has 1 aromatic carbocycles. The topological polar surface area (TPSA) is 136 Å². The van der Waals surface area contributed by atoms with E-state index in [9.17, 15) is 24.5 Å². The van der Waals surface area contributed by atoms with Gasteiger partial charge in [-0.25, -0.2) is 9.78 Å². The number of pyridine rings is 1. The minimum Gasteiger partial charge on any atom is -0.447 e.